The molecule has 3 heterocycles. The van der Waals surface area contributed by atoms with Crippen LogP contribution in [-0.2, 0) is 35.4 Å². The number of amides is 1. The number of para-hydroxylation sites is 2. The predicted octanol–water partition coefficient (Wildman–Crippen LogP) is 7.63. The van der Waals surface area contributed by atoms with Crippen LogP contribution in [0.1, 0.15) is 59.7 Å². The molecule has 6 N–H and O–H groups in total. The summed E-state index contributed by atoms with van der Waals surface area (Å²) in [5, 5.41) is 22.4. The number of carbonyl (C=O) groups is 2. The number of benzene rings is 4. The second kappa shape index (κ2) is 16.4. The first-order valence-electron chi connectivity index (χ1n) is 17.8. The number of aromatic amines is 2. The Kier molecular flexibility index (Phi) is 11.5. The fourth-order valence-electron chi connectivity index (χ4n) is 6.60. The molecule has 4 aromatic carbocycles. The molecule has 0 bridgehead atoms. The Morgan fingerprint density at radius 3 is 1.78 bits per heavy atom. The van der Waals surface area contributed by atoms with Gasteiger partial charge < -0.3 is 30.7 Å². The number of fused-ring (bicyclic) bond motifs is 2. The van der Waals surface area contributed by atoms with Crippen LogP contribution in [0.5, 0.6) is 0 Å². The maximum absolute atomic E-state index is 13.5. The zero-order valence-electron chi connectivity index (χ0n) is 30.3. The number of rotatable bonds is 12. The molecule has 1 atom stereocenters. The number of carboxylic acids is 1. The molecule has 7 aromatic rings. The number of aromatic nitrogens is 5. The second-order valence-corrected chi connectivity index (χ2v) is 13.9. The summed E-state index contributed by atoms with van der Waals surface area (Å²) in [5.74, 6) is -1.39. The molecule has 13 heteroatoms. The van der Waals surface area contributed by atoms with Crippen LogP contribution in [0.15, 0.2) is 122 Å². The number of nitrogens with one attached hydrogen (secondary N) is 3. The molecule has 0 aliphatic rings. The van der Waals surface area contributed by atoms with Gasteiger partial charge in [-0.2, -0.15) is 13.2 Å². The van der Waals surface area contributed by atoms with Gasteiger partial charge in [0.2, 0.25) is 5.91 Å². The summed E-state index contributed by atoms with van der Waals surface area (Å²) in [7, 11) is 0. The van der Waals surface area contributed by atoms with E-state index in [0.29, 0.717) is 25.2 Å². The Hall–Kier alpha value is -6.21. The minimum atomic E-state index is -5.08. The van der Waals surface area contributed by atoms with Gasteiger partial charge in [-0.15, -0.1) is 10.2 Å². The molecule has 0 unspecified atom stereocenters. The summed E-state index contributed by atoms with van der Waals surface area (Å²) in [6.07, 6.45) is 1.02. The van der Waals surface area contributed by atoms with E-state index in [1.54, 1.807) is 13.8 Å². The van der Waals surface area contributed by atoms with Crippen molar-refractivity contribution in [3.63, 3.8) is 0 Å². The van der Waals surface area contributed by atoms with E-state index in [0.717, 1.165) is 34.2 Å². The minimum Gasteiger partial charge on any atom is -0.475 e. The SMILES string of the molecule is CC(C)(N)C(=O)N[C@H](Cc1c[nH]c2ccccc12)c1nnc(CCc2c[nH]c3ccccc23)n1CC(c1ccccc1)c1ccccc1.O=C(O)C(F)(F)F. The molecule has 0 spiro atoms. The van der Waals surface area contributed by atoms with Crippen LogP contribution < -0.4 is 11.1 Å². The summed E-state index contributed by atoms with van der Waals surface area (Å²) in [5.41, 5.74) is 12.1. The van der Waals surface area contributed by atoms with E-state index in [-0.39, 0.29) is 11.8 Å². The topological polar surface area (TPSA) is 155 Å². The summed E-state index contributed by atoms with van der Waals surface area (Å²) >= 11 is 0. The molecule has 0 radical (unpaired) electrons. The summed E-state index contributed by atoms with van der Waals surface area (Å²) in [4.78, 5) is 29.2. The monoisotopic (exact) mass is 749 g/mol. The molecule has 0 aliphatic heterocycles. The third-order valence-electron chi connectivity index (χ3n) is 9.46. The first-order chi connectivity index (χ1) is 26.3. The van der Waals surface area contributed by atoms with Gasteiger partial charge in [0.1, 0.15) is 5.82 Å². The number of carboxylic acid groups (broad SMARTS) is 1. The molecule has 55 heavy (non-hydrogen) atoms. The number of hydrogen-bond donors (Lipinski definition) is 5. The van der Waals surface area contributed by atoms with E-state index in [9.17, 15) is 18.0 Å². The second-order valence-electron chi connectivity index (χ2n) is 13.9. The molecule has 0 saturated carbocycles. The zero-order chi connectivity index (χ0) is 39.2. The summed E-state index contributed by atoms with van der Waals surface area (Å²) < 4.78 is 34.0. The van der Waals surface area contributed by atoms with Crippen molar-refractivity contribution >= 4 is 33.7 Å². The quantitative estimate of drug-likeness (QED) is 0.0866. The van der Waals surface area contributed by atoms with Crippen LogP contribution in [0.25, 0.3) is 21.8 Å². The van der Waals surface area contributed by atoms with Crippen molar-refractivity contribution in [2.24, 2.45) is 5.73 Å². The fourth-order valence-corrected chi connectivity index (χ4v) is 6.60. The van der Waals surface area contributed by atoms with Crippen molar-refractivity contribution < 1.29 is 27.9 Å². The Morgan fingerprint density at radius 1 is 0.764 bits per heavy atom. The molecule has 0 saturated heterocycles. The molecular formula is C42H42F3N7O3. The van der Waals surface area contributed by atoms with Gasteiger partial charge in [0.15, 0.2) is 5.82 Å². The summed E-state index contributed by atoms with van der Waals surface area (Å²) in [6.45, 7) is 4.05. The highest BCUT2D eigenvalue weighted by Gasteiger charge is 2.38. The Labute approximate surface area is 315 Å². The number of aryl methyl sites for hydroxylation is 2. The Balaban J connectivity index is 0.000000672. The highest BCUT2D eigenvalue weighted by atomic mass is 19.4. The average Bonchev–Trinajstić information content (AvgIpc) is 3.90. The summed E-state index contributed by atoms with van der Waals surface area (Å²) in [6, 6.07) is 37.2. The Morgan fingerprint density at radius 2 is 1.25 bits per heavy atom. The van der Waals surface area contributed by atoms with Gasteiger partial charge in [-0.3, -0.25) is 4.79 Å². The smallest absolute Gasteiger partial charge is 0.475 e. The highest BCUT2D eigenvalue weighted by Crippen LogP contribution is 2.31. The van der Waals surface area contributed by atoms with Crippen LogP contribution in [0.2, 0.25) is 0 Å². The van der Waals surface area contributed by atoms with Crippen molar-refractivity contribution in [2.45, 2.75) is 63.3 Å². The van der Waals surface area contributed by atoms with Crippen LogP contribution in [0, 0.1) is 0 Å². The van der Waals surface area contributed by atoms with Crippen LogP contribution in [0.3, 0.4) is 0 Å². The van der Waals surface area contributed by atoms with E-state index >= 15 is 0 Å². The number of alkyl halides is 3. The van der Waals surface area contributed by atoms with E-state index in [4.69, 9.17) is 25.8 Å². The number of halogens is 3. The van der Waals surface area contributed by atoms with Crippen molar-refractivity contribution in [1.82, 2.24) is 30.0 Å². The first kappa shape index (κ1) is 38.5. The molecule has 284 valence electrons. The fraction of sp³-hybridized carbons (Fsp3) is 0.238. The van der Waals surface area contributed by atoms with Crippen molar-refractivity contribution in [1.29, 1.82) is 0 Å². The van der Waals surface area contributed by atoms with E-state index in [2.05, 4.69) is 105 Å². The molecule has 7 rings (SSSR count). The number of hydrogen-bond acceptors (Lipinski definition) is 5. The lowest BCUT2D eigenvalue weighted by molar-refractivity contribution is -0.192. The number of nitrogens with two attached hydrogens (primary N) is 1. The molecule has 3 aromatic heterocycles. The minimum absolute atomic E-state index is 0.0318. The van der Waals surface area contributed by atoms with E-state index in [1.807, 2.05) is 36.5 Å². The molecule has 0 fully saturated rings. The van der Waals surface area contributed by atoms with Crippen LogP contribution >= 0.6 is 0 Å². The van der Waals surface area contributed by atoms with Crippen molar-refractivity contribution in [2.75, 3.05) is 0 Å². The molecule has 10 nitrogen and oxygen atoms in total. The molecule has 1 amide bonds. The largest absolute Gasteiger partial charge is 0.490 e. The van der Waals surface area contributed by atoms with Gasteiger partial charge in [-0.1, -0.05) is 97.1 Å². The third-order valence-corrected chi connectivity index (χ3v) is 9.46. The highest BCUT2D eigenvalue weighted by molar-refractivity contribution is 5.86. The number of nitrogens with zero attached hydrogens (tertiary/aromatic N) is 3. The van der Waals surface area contributed by atoms with Gasteiger partial charge in [0.25, 0.3) is 0 Å². The lowest BCUT2D eigenvalue weighted by Crippen LogP contribution is -2.50. The number of carbonyl (C=O) groups excluding carboxylic acids is 1. The lowest BCUT2D eigenvalue weighted by atomic mass is 9.91. The standard InChI is InChI=1S/C40H41N7O.C2HF3O2/c1-40(2,41)39(48)44-36(23-30-25-43-35-20-12-10-18-32(30)35)38-46-45-37(22-21-29-24-42-34-19-11-9-17-31(29)34)47(38)26-33(27-13-5-3-6-14-27)28-15-7-4-8-16-28;3-2(4,5)1(6)7/h3-20,24-25,33,36,42-43H,21-23,26,41H2,1-2H3,(H,44,48);(H,6,7)/t36-;/m1./s1. The third kappa shape index (κ3) is 9.30. The van der Waals surface area contributed by atoms with Gasteiger partial charge >= 0.3 is 12.1 Å². The van der Waals surface area contributed by atoms with Crippen molar-refractivity contribution in [3.05, 3.63) is 155 Å². The van der Waals surface area contributed by atoms with Gasteiger partial charge in [0, 0.05) is 59.5 Å². The predicted molar refractivity (Wildman–Crippen MR) is 205 cm³/mol. The van der Waals surface area contributed by atoms with Gasteiger partial charge in [-0.05, 0) is 54.7 Å². The van der Waals surface area contributed by atoms with Crippen LogP contribution in [0.4, 0.5) is 13.2 Å². The normalized spacial score (nSPS) is 12.4. The number of H-pyrrole nitrogens is 2. The van der Waals surface area contributed by atoms with E-state index in [1.165, 1.54) is 22.1 Å². The van der Waals surface area contributed by atoms with Gasteiger partial charge in [0.05, 0.1) is 11.6 Å². The molecule has 0 aliphatic carbocycles. The maximum Gasteiger partial charge on any atom is 0.490 e. The number of aliphatic carboxylic acids is 1. The lowest BCUT2D eigenvalue weighted by Gasteiger charge is -2.26. The average molecular weight is 750 g/mol. The zero-order valence-corrected chi connectivity index (χ0v) is 30.3. The van der Waals surface area contributed by atoms with Crippen molar-refractivity contribution in [3.8, 4) is 0 Å². The first-order valence-corrected chi connectivity index (χ1v) is 17.8. The van der Waals surface area contributed by atoms with E-state index < -0.39 is 23.7 Å². The van der Waals surface area contributed by atoms with Crippen LogP contribution in [-0.4, -0.2) is 53.4 Å². The van der Waals surface area contributed by atoms with Gasteiger partial charge in [-0.25, -0.2) is 4.79 Å². The Bertz CT molecular complexity index is 2320. The maximum atomic E-state index is 13.5. The molecular weight excluding hydrogens is 708 g/mol.